The first-order valence-electron chi connectivity index (χ1n) is 6.12. The van der Waals surface area contributed by atoms with Crippen molar-refractivity contribution in [2.45, 2.75) is 57.8 Å². The van der Waals surface area contributed by atoms with E-state index in [1.54, 1.807) is 0 Å². The highest BCUT2D eigenvalue weighted by atomic mass is 16.1. The molecule has 14 heavy (non-hydrogen) atoms. The van der Waals surface area contributed by atoms with Crippen molar-refractivity contribution < 1.29 is 4.79 Å². The molecule has 82 valence electrons. The summed E-state index contributed by atoms with van der Waals surface area (Å²) in [6, 6.07) is 0. The van der Waals surface area contributed by atoms with Crippen LogP contribution < -0.4 is 5.32 Å². The van der Waals surface area contributed by atoms with Crippen LogP contribution in [0.3, 0.4) is 0 Å². The number of Topliss-reactive ketones (excluding diaryl/α,β-unsaturated/α-hetero) is 1. The minimum Gasteiger partial charge on any atom is -0.317 e. The summed E-state index contributed by atoms with van der Waals surface area (Å²) >= 11 is 0. The van der Waals surface area contributed by atoms with Gasteiger partial charge in [0.1, 0.15) is 5.78 Å². The van der Waals surface area contributed by atoms with E-state index in [-0.39, 0.29) is 0 Å². The van der Waals surface area contributed by atoms with Crippen LogP contribution in [0.5, 0.6) is 0 Å². The Bertz CT molecular complexity index is 135. The minimum atomic E-state index is 0.481. The van der Waals surface area contributed by atoms with Crippen molar-refractivity contribution in [2.75, 3.05) is 13.1 Å². The zero-order valence-corrected chi connectivity index (χ0v) is 9.19. The average Bonchev–Trinajstić information content (AvgIpc) is 2.69. The van der Waals surface area contributed by atoms with Crippen LogP contribution in [0.25, 0.3) is 0 Å². The quantitative estimate of drug-likeness (QED) is 0.647. The van der Waals surface area contributed by atoms with E-state index in [1.807, 2.05) is 0 Å². The zero-order valence-electron chi connectivity index (χ0n) is 9.19. The molecule has 2 rings (SSSR count). The molecule has 0 unspecified atom stereocenters. The zero-order chi connectivity index (χ0) is 10.1. The fraction of sp³-hybridized carbons (Fsp3) is 0.917. The molecular weight excluding hydrogens is 174 g/mol. The van der Waals surface area contributed by atoms with Gasteiger partial charge >= 0.3 is 0 Å². The molecular formula is C12H23NO. The van der Waals surface area contributed by atoms with Gasteiger partial charge in [0, 0.05) is 12.8 Å². The normalized spacial score (nSPS) is 23.3. The molecule has 1 saturated carbocycles. The number of nitrogens with one attached hydrogen (secondary N) is 1. The summed E-state index contributed by atoms with van der Waals surface area (Å²) in [5.41, 5.74) is 0. The highest BCUT2D eigenvalue weighted by molar-refractivity contribution is 5.78. The first kappa shape index (κ1) is 11.7. The van der Waals surface area contributed by atoms with Gasteiger partial charge in [-0.05, 0) is 38.8 Å². The Kier molecular flexibility index (Phi) is 6.67. The van der Waals surface area contributed by atoms with Crippen molar-refractivity contribution in [3.63, 3.8) is 0 Å². The molecule has 2 heteroatoms. The van der Waals surface area contributed by atoms with Gasteiger partial charge in [-0.15, -0.1) is 0 Å². The predicted molar refractivity (Wildman–Crippen MR) is 59.4 cm³/mol. The molecule has 0 atom stereocenters. The van der Waals surface area contributed by atoms with E-state index in [0.717, 1.165) is 25.7 Å². The number of hydrogen-bond acceptors (Lipinski definition) is 2. The topological polar surface area (TPSA) is 29.1 Å². The van der Waals surface area contributed by atoms with E-state index in [0.29, 0.717) is 5.78 Å². The summed E-state index contributed by atoms with van der Waals surface area (Å²) < 4.78 is 0. The van der Waals surface area contributed by atoms with Crippen LogP contribution >= 0.6 is 0 Å². The number of ketones is 1. The van der Waals surface area contributed by atoms with Crippen molar-refractivity contribution in [3.8, 4) is 0 Å². The van der Waals surface area contributed by atoms with Crippen LogP contribution in [0.1, 0.15) is 57.8 Å². The van der Waals surface area contributed by atoms with Crippen molar-refractivity contribution >= 4 is 5.78 Å². The lowest BCUT2D eigenvalue weighted by molar-refractivity contribution is -0.119. The first-order valence-corrected chi connectivity index (χ1v) is 6.12. The van der Waals surface area contributed by atoms with E-state index >= 15 is 0 Å². The number of carbonyl (C=O) groups excluding carboxylic acids is 1. The van der Waals surface area contributed by atoms with Crippen LogP contribution in [0.15, 0.2) is 0 Å². The molecule has 0 spiro atoms. The van der Waals surface area contributed by atoms with Crippen molar-refractivity contribution in [3.05, 3.63) is 0 Å². The Labute approximate surface area is 87.5 Å². The van der Waals surface area contributed by atoms with Crippen LogP contribution in [-0.4, -0.2) is 18.9 Å². The molecule has 2 fully saturated rings. The van der Waals surface area contributed by atoms with E-state index in [1.165, 1.54) is 45.2 Å². The molecule has 1 saturated heterocycles. The summed E-state index contributed by atoms with van der Waals surface area (Å²) in [6.07, 6.45) is 10.6. The number of carbonyl (C=O) groups is 1. The fourth-order valence-electron chi connectivity index (χ4n) is 1.92. The van der Waals surface area contributed by atoms with E-state index in [4.69, 9.17) is 0 Å². The maximum atomic E-state index is 10.8. The van der Waals surface area contributed by atoms with Gasteiger partial charge in [-0.1, -0.05) is 19.3 Å². The standard InChI is InChI=1S/C8H14O.C4H9N/c9-8-6-4-2-1-3-5-7-8;1-2-4-5-3-1/h1-7H2;5H,1-4H2. The molecule has 1 heterocycles. The van der Waals surface area contributed by atoms with Gasteiger partial charge in [0.2, 0.25) is 0 Å². The van der Waals surface area contributed by atoms with Gasteiger partial charge < -0.3 is 5.32 Å². The fourth-order valence-corrected chi connectivity index (χ4v) is 1.92. The second-order valence-electron chi connectivity index (χ2n) is 4.26. The Hall–Kier alpha value is -0.370. The Morgan fingerprint density at radius 1 is 0.714 bits per heavy atom. The van der Waals surface area contributed by atoms with E-state index in [9.17, 15) is 4.79 Å². The maximum absolute atomic E-state index is 10.8. The summed E-state index contributed by atoms with van der Waals surface area (Å²) in [5, 5.41) is 3.22. The average molecular weight is 197 g/mol. The van der Waals surface area contributed by atoms with Crippen LogP contribution in [0.2, 0.25) is 0 Å². The van der Waals surface area contributed by atoms with Gasteiger partial charge in [0.05, 0.1) is 0 Å². The molecule has 0 bridgehead atoms. The second-order valence-corrected chi connectivity index (χ2v) is 4.26. The van der Waals surface area contributed by atoms with Gasteiger partial charge in [-0.3, -0.25) is 4.79 Å². The molecule has 1 N–H and O–H groups in total. The molecule has 0 aromatic carbocycles. The van der Waals surface area contributed by atoms with Crippen LogP contribution in [-0.2, 0) is 4.79 Å². The SMILES string of the molecule is C1CCNC1.O=C1CCCCCCC1. The third-order valence-corrected chi connectivity index (χ3v) is 2.87. The Morgan fingerprint density at radius 2 is 1.21 bits per heavy atom. The molecule has 0 aromatic heterocycles. The molecule has 2 aliphatic rings. The summed E-state index contributed by atoms with van der Waals surface area (Å²) in [5.74, 6) is 0.481. The minimum absolute atomic E-state index is 0.481. The Balaban J connectivity index is 0.000000165. The lowest BCUT2D eigenvalue weighted by Gasteiger charge is -2.05. The monoisotopic (exact) mass is 197 g/mol. The van der Waals surface area contributed by atoms with E-state index < -0.39 is 0 Å². The van der Waals surface area contributed by atoms with Crippen molar-refractivity contribution in [1.82, 2.24) is 5.32 Å². The van der Waals surface area contributed by atoms with Crippen molar-refractivity contribution in [1.29, 1.82) is 0 Å². The summed E-state index contributed by atoms with van der Waals surface area (Å²) in [6.45, 7) is 2.50. The predicted octanol–water partition coefficient (Wildman–Crippen LogP) is 2.67. The number of hydrogen-bond donors (Lipinski definition) is 1. The van der Waals surface area contributed by atoms with Gasteiger partial charge in [0.25, 0.3) is 0 Å². The van der Waals surface area contributed by atoms with E-state index in [2.05, 4.69) is 5.32 Å². The third kappa shape index (κ3) is 6.14. The number of rotatable bonds is 0. The molecule has 2 nitrogen and oxygen atoms in total. The van der Waals surface area contributed by atoms with Crippen LogP contribution in [0.4, 0.5) is 0 Å². The van der Waals surface area contributed by atoms with Gasteiger partial charge in [0.15, 0.2) is 0 Å². The maximum Gasteiger partial charge on any atom is 0.132 e. The Morgan fingerprint density at radius 3 is 1.64 bits per heavy atom. The summed E-state index contributed by atoms with van der Waals surface area (Å²) in [7, 11) is 0. The largest absolute Gasteiger partial charge is 0.317 e. The molecule has 0 aromatic rings. The van der Waals surface area contributed by atoms with Crippen molar-refractivity contribution in [2.24, 2.45) is 0 Å². The molecule has 0 amide bonds. The highest BCUT2D eigenvalue weighted by Gasteiger charge is 2.04. The lowest BCUT2D eigenvalue weighted by atomic mass is 10.0. The molecule has 1 aliphatic heterocycles. The van der Waals surface area contributed by atoms with Gasteiger partial charge in [-0.25, -0.2) is 0 Å². The highest BCUT2D eigenvalue weighted by Crippen LogP contribution is 2.13. The van der Waals surface area contributed by atoms with Crippen LogP contribution in [0, 0.1) is 0 Å². The molecule has 0 radical (unpaired) electrons. The second kappa shape index (κ2) is 7.98. The third-order valence-electron chi connectivity index (χ3n) is 2.87. The summed E-state index contributed by atoms with van der Waals surface area (Å²) in [4.78, 5) is 10.8. The van der Waals surface area contributed by atoms with Gasteiger partial charge in [-0.2, -0.15) is 0 Å². The first-order chi connectivity index (χ1) is 6.89. The smallest absolute Gasteiger partial charge is 0.132 e. The lowest BCUT2D eigenvalue weighted by Crippen LogP contribution is -2.03. The molecule has 1 aliphatic carbocycles.